The van der Waals surface area contributed by atoms with Crippen LogP contribution in [0.3, 0.4) is 0 Å². The van der Waals surface area contributed by atoms with Crippen molar-refractivity contribution in [2.24, 2.45) is 0 Å². The van der Waals surface area contributed by atoms with Crippen LogP contribution in [-0.4, -0.2) is 26.1 Å². The van der Waals surface area contributed by atoms with E-state index in [-0.39, 0.29) is 17.8 Å². The van der Waals surface area contributed by atoms with E-state index in [2.05, 4.69) is 10.6 Å². The summed E-state index contributed by atoms with van der Waals surface area (Å²) in [7, 11) is 1.61. The molecule has 20 heavy (non-hydrogen) atoms. The van der Waals surface area contributed by atoms with Gasteiger partial charge in [0.15, 0.2) is 0 Å². The molecule has 0 aliphatic heterocycles. The molecule has 0 bridgehead atoms. The van der Waals surface area contributed by atoms with E-state index in [1.165, 1.54) is 12.1 Å². The summed E-state index contributed by atoms with van der Waals surface area (Å²) >= 11 is 0. The Hall–Kier alpha value is -1.62. The summed E-state index contributed by atoms with van der Waals surface area (Å²) in [6.45, 7) is 5.20. The molecule has 0 spiro atoms. The molecule has 5 heteroatoms. The first-order valence-corrected chi connectivity index (χ1v) is 6.94. The number of rotatable bonds is 8. The number of hydrogen-bond donors (Lipinski definition) is 2. The second-order valence-corrected chi connectivity index (χ2v) is 4.59. The zero-order valence-corrected chi connectivity index (χ0v) is 12.3. The highest BCUT2D eigenvalue weighted by atomic mass is 19.1. The molecule has 0 fully saturated rings. The molecule has 4 nitrogen and oxygen atoms in total. The lowest BCUT2D eigenvalue weighted by atomic mass is 10.1. The second-order valence-electron chi connectivity index (χ2n) is 4.59. The first-order chi connectivity index (χ1) is 9.58. The SMILES string of the molecule is CCNC(C)c1cc(F)ccc1OCCCC(=O)NC. The number of nitrogens with one attached hydrogen (secondary N) is 2. The third-order valence-electron chi connectivity index (χ3n) is 3.03. The lowest BCUT2D eigenvalue weighted by Crippen LogP contribution is -2.19. The van der Waals surface area contributed by atoms with Gasteiger partial charge < -0.3 is 15.4 Å². The number of halogens is 1. The largest absolute Gasteiger partial charge is 0.493 e. The van der Waals surface area contributed by atoms with Crippen molar-refractivity contribution in [3.05, 3.63) is 29.6 Å². The van der Waals surface area contributed by atoms with Gasteiger partial charge in [0, 0.05) is 25.1 Å². The van der Waals surface area contributed by atoms with Crippen LogP contribution >= 0.6 is 0 Å². The number of carbonyl (C=O) groups is 1. The predicted molar refractivity (Wildman–Crippen MR) is 77.3 cm³/mol. The number of ether oxygens (including phenoxy) is 1. The van der Waals surface area contributed by atoms with Gasteiger partial charge >= 0.3 is 0 Å². The van der Waals surface area contributed by atoms with Crippen molar-refractivity contribution in [1.29, 1.82) is 0 Å². The van der Waals surface area contributed by atoms with E-state index < -0.39 is 0 Å². The molecule has 2 N–H and O–H groups in total. The Morgan fingerprint density at radius 3 is 2.85 bits per heavy atom. The van der Waals surface area contributed by atoms with Crippen molar-refractivity contribution < 1.29 is 13.9 Å². The first-order valence-electron chi connectivity index (χ1n) is 6.94. The molecule has 1 unspecified atom stereocenters. The molecular weight excluding hydrogens is 259 g/mol. The minimum Gasteiger partial charge on any atom is -0.493 e. The summed E-state index contributed by atoms with van der Waals surface area (Å²) < 4.78 is 19.0. The molecule has 0 aromatic heterocycles. The number of hydrogen-bond acceptors (Lipinski definition) is 3. The average molecular weight is 282 g/mol. The Kier molecular flexibility index (Phi) is 7.01. The van der Waals surface area contributed by atoms with Gasteiger partial charge in [0.05, 0.1) is 6.61 Å². The lowest BCUT2D eigenvalue weighted by molar-refractivity contribution is -0.120. The third-order valence-corrected chi connectivity index (χ3v) is 3.03. The van der Waals surface area contributed by atoms with E-state index in [0.29, 0.717) is 25.2 Å². The maximum Gasteiger partial charge on any atom is 0.219 e. The van der Waals surface area contributed by atoms with Crippen LogP contribution in [0.1, 0.15) is 38.3 Å². The minimum atomic E-state index is -0.275. The van der Waals surface area contributed by atoms with Gasteiger partial charge in [-0.3, -0.25) is 4.79 Å². The smallest absolute Gasteiger partial charge is 0.219 e. The summed E-state index contributed by atoms with van der Waals surface area (Å²) in [4.78, 5) is 11.1. The van der Waals surface area contributed by atoms with Crippen LogP contribution in [0.5, 0.6) is 5.75 Å². The van der Waals surface area contributed by atoms with E-state index >= 15 is 0 Å². The van der Waals surface area contributed by atoms with Gasteiger partial charge in [0.2, 0.25) is 5.91 Å². The van der Waals surface area contributed by atoms with Crippen LogP contribution in [0.4, 0.5) is 4.39 Å². The molecule has 0 aliphatic carbocycles. The number of amides is 1. The average Bonchev–Trinajstić information content (AvgIpc) is 2.44. The molecule has 0 saturated carbocycles. The Labute approximate surface area is 119 Å². The van der Waals surface area contributed by atoms with Crippen LogP contribution in [0.15, 0.2) is 18.2 Å². The van der Waals surface area contributed by atoms with Crippen molar-refractivity contribution in [3.8, 4) is 5.75 Å². The molecule has 1 aromatic rings. The quantitative estimate of drug-likeness (QED) is 0.720. The highest BCUT2D eigenvalue weighted by Gasteiger charge is 2.12. The molecule has 1 aromatic carbocycles. The standard InChI is InChI=1S/C15H23FN2O2/c1-4-18-11(2)13-10-12(16)7-8-14(13)20-9-5-6-15(19)17-3/h7-8,10-11,18H,4-6,9H2,1-3H3,(H,17,19). The van der Waals surface area contributed by atoms with Crippen LogP contribution in [0.2, 0.25) is 0 Å². The summed E-state index contributed by atoms with van der Waals surface area (Å²) in [6.07, 6.45) is 1.06. The molecule has 1 atom stereocenters. The molecule has 0 heterocycles. The van der Waals surface area contributed by atoms with Crippen LogP contribution in [-0.2, 0) is 4.79 Å². The molecule has 0 aliphatic rings. The van der Waals surface area contributed by atoms with Crippen LogP contribution in [0, 0.1) is 5.82 Å². The lowest BCUT2D eigenvalue weighted by Gasteiger charge is -2.17. The molecule has 0 saturated heterocycles. The zero-order chi connectivity index (χ0) is 15.0. The Balaban J connectivity index is 2.62. The van der Waals surface area contributed by atoms with E-state index in [1.54, 1.807) is 13.1 Å². The fourth-order valence-corrected chi connectivity index (χ4v) is 1.95. The van der Waals surface area contributed by atoms with Gasteiger partial charge in [-0.05, 0) is 38.1 Å². The Bertz CT molecular complexity index is 438. The first kappa shape index (κ1) is 16.4. The summed E-state index contributed by atoms with van der Waals surface area (Å²) in [5.74, 6) is 0.383. The highest BCUT2D eigenvalue weighted by molar-refractivity contribution is 5.75. The van der Waals surface area contributed by atoms with Crippen molar-refractivity contribution >= 4 is 5.91 Å². The number of benzene rings is 1. The molecule has 0 radical (unpaired) electrons. The third kappa shape index (κ3) is 5.17. The Morgan fingerprint density at radius 1 is 1.45 bits per heavy atom. The highest BCUT2D eigenvalue weighted by Crippen LogP contribution is 2.26. The monoisotopic (exact) mass is 282 g/mol. The minimum absolute atomic E-state index is 0.00560. The van der Waals surface area contributed by atoms with Gasteiger partial charge in [-0.2, -0.15) is 0 Å². The normalized spacial score (nSPS) is 12.0. The molecular formula is C15H23FN2O2. The van der Waals surface area contributed by atoms with Crippen molar-refractivity contribution in [2.75, 3.05) is 20.2 Å². The second kappa shape index (κ2) is 8.53. The van der Waals surface area contributed by atoms with Crippen molar-refractivity contribution in [2.45, 2.75) is 32.7 Å². The number of carbonyl (C=O) groups excluding carboxylic acids is 1. The fraction of sp³-hybridized carbons (Fsp3) is 0.533. The maximum atomic E-state index is 13.4. The van der Waals surface area contributed by atoms with Crippen LogP contribution < -0.4 is 15.4 Å². The van der Waals surface area contributed by atoms with Gasteiger partial charge in [0.1, 0.15) is 11.6 Å². The molecule has 1 rings (SSSR count). The summed E-state index contributed by atoms with van der Waals surface area (Å²) in [6, 6.07) is 4.53. The van der Waals surface area contributed by atoms with Crippen LogP contribution in [0.25, 0.3) is 0 Å². The maximum absolute atomic E-state index is 13.4. The van der Waals surface area contributed by atoms with Gasteiger partial charge in [-0.15, -0.1) is 0 Å². The van der Waals surface area contributed by atoms with E-state index in [9.17, 15) is 9.18 Å². The van der Waals surface area contributed by atoms with Gasteiger partial charge in [-0.1, -0.05) is 6.92 Å². The van der Waals surface area contributed by atoms with Gasteiger partial charge in [0.25, 0.3) is 0 Å². The topological polar surface area (TPSA) is 50.4 Å². The molecule has 1 amide bonds. The molecule has 112 valence electrons. The van der Waals surface area contributed by atoms with Gasteiger partial charge in [-0.25, -0.2) is 4.39 Å². The zero-order valence-electron chi connectivity index (χ0n) is 12.3. The summed E-state index contributed by atoms with van der Waals surface area (Å²) in [5, 5.41) is 5.80. The predicted octanol–water partition coefficient (Wildman–Crippen LogP) is 2.40. The van der Waals surface area contributed by atoms with Crippen molar-refractivity contribution in [1.82, 2.24) is 10.6 Å². The van der Waals surface area contributed by atoms with E-state index in [1.807, 2.05) is 13.8 Å². The van der Waals surface area contributed by atoms with E-state index in [4.69, 9.17) is 4.74 Å². The Morgan fingerprint density at radius 2 is 2.20 bits per heavy atom. The van der Waals surface area contributed by atoms with E-state index in [0.717, 1.165) is 12.1 Å². The summed E-state index contributed by atoms with van der Waals surface area (Å²) in [5.41, 5.74) is 0.798. The van der Waals surface area contributed by atoms with Crippen molar-refractivity contribution in [3.63, 3.8) is 0 Å². The fourth-order valence-electron chi connectivity index (χ4n) is 1.95.